The minimum Gasteiger partial charge on any atom is -0.378 e. The van der Waals surface area contributed by atoms with E-state index in [9.17, 15) is 0 Å². The standard InChI is InChI=1S/C16H22N4OS2/c1-13-17-20(16(22)23-13)12-18(2)11-14-3-5-15(6-4-14)19-7-9-21-10-8-19/h3-6H,7-12H2,1-2H3. The second kappa shape index (κ2) is 7.53. The van der Waals surface area contributed by atoms with Gasteiger partial charge in [-0.15, -0.1) is 0 Å². The van der Waals surface area contributed by atoms with Crippen molar-refractivity contribution >= 4 is 29.2 Å². The lowest BCUT2D eigenvalue weighted by molar-refractivity contribution is 0.122. The summed E-state index contributed by atoms with van der Waals surface area (Å²) in [6.45, 7) is 7.16. The Bertz CT molecular complexity index is 689. The molecule has 0 radical (unpaired) electrons. The van der Waals surface area contributed by atoms with Crippen LogP contribution in [0, 0.1) is 10.9 Å². The first-order valence-electron chi connectivity index (χ1n) is 7.76. The minimum atomic E-state index is 0.717. The van der Waals surface area contributed by atoms with Crippen LogP contribution in [0.2, 0.25) is 0 Å². The van der Waals surface area contributed by atoms with Gasteiger partial charge < -0.3 is 9.64 Å². The number of rotatable bonds is 5. The maximum atomic E-state index is 5.40. The zero-order valence-electron chi connectivity index (χ0n) is 13.6. The molecule has 0 N–H and O–H groups in total. The molecule has 0 atom stereocenters. The van der Waals surface area contributed by atoms with E-state index in [1.54, 1.807) is 11.3 Å². The van der Waals surface area contributed by atoms with Gasteiger partial charge in [0.25, 0.3) is 0 Å². The van der Waals surface area contributed by atoms with Gasteiger partial charge in [0.15, 0.2) is 3.95 Å². The van der Waals surface area contributed by atoms with Crippen molar-refractivity contribution in [3.63, 3.8) is 0 Å². The van der Waals surface area contributed by atoms with Gasteiger partial charge in [-0.3, -0.25) is 4.90 Å². The van der Waals surface area contributed by atoms with Crippen molar-refractivity contribution in [2.24, 2.45) is 0 Å². The topological polar surface area (TPSA) is 33.5 Å². The molecule has 5 nitrogen and oxygen atoms in total. The Morgan fingerprint density at radius 3 is 2.57 bits per heavy atom. The molecular weight excluding hydrogens is 328 g/mol. The molecule has 1 aromatic heterocycles. The third-order valence-corrected chi connectivity index (χ3v) is 5.07. The summed E-state index contributed by atoms with van der Waals surface area (Å²) >= 11 is 6.88. The average Bonchev–Trinajstić information content (AvgIpc) is 2.86. The van der Waals surface area contributed by atoms with E-state index in [1.807, 2.05) is 11.6 Å². The van der Waals surface area contributed by atoms with E-state index in [4.69, 9.17) is 17.0 Å². The third-order valence-electron chi connectivity index (χ3n) is 3.85. The summed E-state index contributed by atoms with van der Waals surface area (Å²) in [6, 6.07) is 8.81. The van der Waals surface area contributed by atoms with Crippen LogP contribution in [0.4, 0.5) is 5.69 Å². The molecule has 0 aliphatic carbocycles. The predicted molar refractivity (Wildman–Crippen MR) is 96.6 cm³/mol. The number of hydrogen-bond acceptors (Lipinski definition) is 6. The highest BCUT2D eigenvalue weighted by Crippen LogP contribution is 2.17. The van der Waals surface area contributed by atoms with Gasteiger partial charge in [-0.25, -0.2) is 4.68 Å². The zero-order chi connectivity index (χ0) is 16.2. The molecule has 0 saturated carbocycles. The van der Waals surface area contributed by atoms with Crippen LogP contribution < -0.4 is 4.90 Å². The van der Waals surface area contributed by atoms with Gasteiger partial charge in [0.1, 0.15) is 5.01 Å². The van der Waals surface area contributed by atoms with Crippen LogP contribution in [0.5, 0.6) is 0 Å². The second-order valence-corrected chi connectivity index (χ2v) is 7.63. The summed E-state index contributed by atoms with van der Waals surface area (Å²) < 4.78 is 8.12. The van der Waals surface area contributed by atoms with Crippen molar-refractivity contribution in [2.75, 3.05) is 38.3 Å². The van der Waals surface area contributed by atoms with Gasteiger partial charge >= 0.3 is 0 Å². The number of aryl methyl sites for hydroxylation is 1. The number of nitrogens with zero attached hydrogens (tertiary/aromatic N) is 4. The first-order chi connectivity index (χ1) is 11.1. The quantitative estimate of drug-likeness (QED) is 0.775. The summed E-state index contributed by atoms with van der Waals surface area (Å²) in [5.41, 5.74) is 2.57. The van der Waals surface area contributed by atoms with Gasteiger partial charge in [0.05, 0.1) is 19.9 Å². The molecule has 1 fully saturated rings. The van der Waals surface area contributed by atoms with Crippen LogP contribution >= 0.6 is 23.6 Å². The lowest BCUT2D eigenvalue weighted by Crippen LogP contribution is -2.36. The monoisotopic (exact) mass is 350 g/mol. The van der Waals surface area contributed by atoms with Gasteiger partial charge in [0.2, 0.25) is 0 Å². The summed E-state index contributed by atoms with van der Waals surface area (Å²) in [5, 5.41) is 5.45. The van der Waals surface area contributed by atoms with Gasteiger partial charge in [-0.2, -0.15) is 5.10 Å². The molecule has 7 heteroatoms. The van der Waals surface area contributed by atoms with Crippen LogP contribution in [0.15, 0.2) is 24.3 Å². The molecule has 1 aliphatic rings. The SMILES string of the molecule is Cc1nn(CN(C)Cc2ccc(N3CCOCC3)cc2)c(=S)s1. The van der Waals surface area contributed by atoms with Crippen LogP contribution in [0.3, 0.4) is 0 Å². The van der Waals surface area contributed by atoms with Crippen molar-refractivity contribution in [3.8, 4) is 0 Å². The number of anilines is 1. The normalized spacial score (nSPS) is 15.3. The Morgan fingerprint density at radius 1 is 1.26 bits per heavy atom. The Labute approximate surface area is 146 Å². The van der Waals surface area contributed by atoms with E-state index >= 15 is 0 Å². The Morgan fingerprint density at radius 2 is 1.96 bits per heavy atom. The highest BCUT2D eigenvalue weighted by Gasteiger charge is 2.11. The molecule has 3 rings (SSSR count). The molecule has 2 heterocycles. The number of ether oxygens (including phenoxy) is 1. The highest BCUT2D eigenvalue weighted by atomic mass is 32.1. The second-order valence-electron chi connectivity index (χ2n) is 5.81. The van der Waals surface area contributed by atoms with Crippen LogP contribution in [-0.4, -0.2) is 48.0 Å². The summed E-state index contributed by atoms with van der Waals surface area (Å²) in [7, 11) is 2.09. The summed E-state index contributed by atoms with van der Waals surface area (Å²) in [4.78, 5) is 4.59. The molecule has 23 heavy (non-hydrogen) atoms. The third kappa shape index (κ3) is 4.38. The van der Waals surface area contributed by atoms with E-state index in [-0.39, 0.29) is 0 Å². The Balaban J connectivity index is 1.59. The molecular formula is C16H22N4OS2. The molecule has 0 amide bonds. The number of morpholine rings is 1. The molecule has 0 spiro atoms. The lowest BCUT2D eigenvalue weighted by atomic mass is 10.2. The lowest BCUT2D eigenvalue weighted by Gasteiger charge is -2.29. The van der Waals surface area contributed by atoms with E-state index in [1.165, 1.54) is 11.3 Å². The van der Waals surface area contributed by atoms with Gasteiger partial charge in [-0.1, -0.05) is 23.5 Å². The minimum absolute atomic E-state index is 0.717. The van der Waals surface area contributed by atoms with Gasteiger partial charge in [-0.05, 0) is 43.9 Å². The smallest absolute Gasteiger partial charge is 0.180 e. The fraction of sp³-hybridized carbons (Fsp3) is 0.500. The van der Waals surface area contributed by atoms with Crippen molar-refractivity contribution < 1.29 is 4.74 Å². The van der Waals surface area contributed by atoms with Crippen LogP contribution in [0.25, 0.3) is 0 Å². The maximum absolute atomic E-state index is 5.40. The largest absolute Gasteiger partial charge is 0.378 e. The molecule has 1 aliphatic heterocycles. The van der Waals surface area contributed by atoms with E-state index < -0.39 is 0 Å². The Kier molecular flexibility index (Phi) is 5.42. The molecule has 0 unspecified atom stereocenters. The van der Waals surface area contributed by atoms with E-state index in [2.05, 4.69) is 46.2 Å². The fourth-order valence-electron chi connectivity index (χ4n) is 2.72. The van der Waals surface area contributed by atoms with Crippen molar-refractivity contribution in [3.05, 3.63) is 38.8 Å². The first-order valence-corrected chi connectivity index (χ1v) is 8.99. The summed E-state index contributed by atoms with van der Waals surface area (Å²) in [6.07, 6.45) is 0. The van der Waals surface area contributed by atoms with Crippen molar-refractivity contribution in [2.45, 2.75) is 20.1 Å². The number of benzene rings is 1. The number of hydrogen-bond donors (Lipinski definition) is 0. The first kappa shape index (κ1) is 16.6. The van der Waals surface area contributed by atoms with Crippen LogP contribution in [0.1, 0.15) is 10.6 Å². The number of aromatic nitrogens is 2. The summed E-state index contributed by atoms with van der Waals surface area (Å²) in [5.74, 6) is 0. The van der Waals surface area contributed by atoms with Crippen LogP contribution in [-0.2, 0) is 18.0 Å². The average molecular weight is 351 g/mol. The molecule has 0 bridgehead atoms. The molecule has 124 valence electrons. The molecule has 1 saturated heterocycles. The van der Waals surface area contributed by atoms with Crippen molar-refractivity contribution in [1.82, 2.24) is 14.7 Å². The van der Waals surface area contributed by atoms with E-state index in [0.29, 0.717) is 6.67 Å². The van der Waals surface area contributed by atoms with Gasteiger partial charge in [0, 0.05) is 25.3 Å². The van der Waals surface area contributed by atoms with Crippen molar-refractivity contribution in [1.29, 1.82) is 0 Å². The maximum Gasteiger partial charge on any atom is 0.180 e. The molecule has 2 aromatic rings. The predicted octanol–water partition coefficient (Wildman–Crippen LogP) is 2.91. The van der Waals surface area contributed by atoms with E-state index in [0.717, 1.165) is 41.8 Å². The zero-order valence-corrected chi connectivity index (χ0v) is 15.2. The highest BCUT2D eigenvalue weighted by molar-refractivity contribution is 7.73. The Hall–Kier alpha value is -1.28. The molecule has 1 aromatic carbocycles. The fourth-order valence-corrected chi connectivity index (χ4v) is 3.78.